The summed E-state index contributed by atoms with van der Waals surface area (Å²) in [5.41, 5.74) is 1.32. The van der Waals surface area contributed by atoms with Gasteiger partial charge in [0.05, 0.1) is 6.61 Å². The van der Waals surface area contributed by atoms with Crippen LogP contribution in [0.2, 0.25) is 0 Å². The van der Waals surface area contributed by atoms with Crippen LogP contribution in [0, 0.1) is 0 Å². The SMILES string of the molecule is CCc1ccc(OCCNCCO)cc1. The number of benzene rings is 1. The Morgan fingerprint density at radius 2 is 1.93 bits per heavy atom. The van der Waals surface area contributed by atoms with E-state index in [9.17, 15) is 0 Å². The van der Waals surface area contributed by atoms with E-state index in [0.717, 1.165) is 18.7 Å². The summed E-state index contributed by atoms with van der Waals surface area (Å²) < 4.78 is 5.51. The highest BCUT2D eigenvalue weighted by atomic mass is 16.5. The van der Waals surface area contributed by atoms with E-state index in [1.807, 2.05) is 12.1 Å². The lowest BCUT2D eigenvalue weighted by molar-refractivity contribution is 0.276. The molecule has 0 spiro atoms. The summed E-state index contributed by atoms with van der Waals surface area (Å²) in [5.74, 6) is 0.901. The van der Waals surface area contributed by atoms with Crippen LogP contribution in [0.4, 0.5) is 0 Å². The molecule has 0 radical (unpaired) electrons. The lowest BCUT2D eigenvalue weighted by Gasteiger charge is -2.07. The molecular weight excluding hydrogens is 190 g/mol. The van der Waals surface area contributed by atoms with Crippen LogP contribution in [0.1, 0.15) is 12.5 Å². The summed E-state index contributed by atoms with van der Waals surface area (Å²) in [7, 11) is 0. The first-order chi connectivity index (χ1) is 7.36. The summed E-state index contributed by atoms with van der Waals surface area (Å²) in [6.07, 6.45) is 1.05. The van der Waals surface area contributed by atoms with Gasteiger partial charge in [-0.2, -0.15) is 0 Å². The molecule has 3 heteroatoms. The van der Waals surface area contributed by atoms with Crippen LogP contribution in [0.25, 0.3) is 0 Å². The molecule has 0 aliphatic carbocycles. The van der Waals surface area contributed by atoms with Gasteiger partial charge in [-0.1, -0.05) is 19.1 Å². The maximum absolute atomic E-state index is 8.54. The zero-order valence-corrected chi connectivity index (χ0v) is 9.20. The highest BCUT2D eigenvalue weighted by Crippen LogP contribution is 2.11. The molecule has 0 saturated heterocycles. The van der Waals surface area contributed by atoms with Gasteiger partial charge >= 0.3 is 0 Å². The smallest absolute Gasteiger partial charge is 0.119 e. The quantitative estimate of drug-likeness (QED) is 0.663. The molecule has 0 aliphatic rings. The molecule has 1 aromatic carbocycles. The van der Waals surface area contributed by atoms with E-state index in [1.54, 1.807) is 0 Å². The lowest BCUT2D eigenvalue weighted by Crippen LogP contribution is -2.23. The van der Waals surface area contributed by atoms with Gasteiger partial charge in [0, 0.05) is 13.1 Å². The Morgan fingerprint density at radius 1 is 1.20 bits per heavy atom. The van der Waals surface area contributed by atoms with Crippen LogP contribution < -0.4 is 10.1 Å². The number of aryl methyl sites for hydroxylation is 1. The van der Waals surface area contributed by atoms with Crippen LogP contribution in [-0.2, 0) is 6.42 Å². The molecule has 1 rings (SSSR count). The molecule has 1 aromatic rings. The second kappa shape index (κ2) is 7.26. The summed E-state index contributed by atoms with van der Waals surface area (Å²) >= 11 is 0. The van der Waals surface area contributed by atoms with E-state index in [-0.39, 0.29) is 6.61 Å². The minimum absolute atomic E-state index is 0.172. The largest absolute Gasteiger partial charge is 0.492 e. The molecule has 0 saturated carbocycles. The van der Waals surface area contributed by atoms with Gasteiger partial charge in [0.25, 0.3) is 0 Å². The van der Waals surface area contributed by atoms with Crippen LogP contribution in [0.15, 0.2) is 24.3 Å². The number of rotatable bonds is 7. The monoisotopic (exact) mass is 209 g/mol. The zero-order valence-electron chi connectivity index (χ0n) is 9.20. The van der Waals surface area contributed by atoms with Gasteiger partial charge in [0.1, 0.15) is 12.4 Å². The Hall–Kier alpha value is -1.06. The number of hydrogen-bond acceptors (Lipinski definition) is 3. The van der Waals surface area contributed by atoms with E-state index in [2.05, 4.69) is 24.4 Å². The van der Waals surface area contributed by atoms with Crippen molar-refractivity contribution in [3.63, 3.8) is 0 Å². The summed E-state index contributed by atoms with van der Waals surface area (Å²) in [6.45, 7) is 4.32. The van der Waals surface area contributed by atoms with Crippen molar-refractivity contribution in [3.05, 3.63) is 29.8 Å². The zero-order chi connectivity index (χ0) is 10.9. The third-order valence-corrected chi connectivity index (χ3v) is 2.17. The highest BCUT2D eigenvalue weighted by Gasteiger charge is 1.93. The Labute approximate surface area is 91.1 Å². The van der Waals surface area contributed by atoms with Crippen molar-refractivity contribution in [3.8, 4) is 5.75 Å². The summed E-state index contributed by atoms with van der Waals surface area (Å²) in [6, 6.07) is 8.14. The number of aliphatic hydroxyl groups is 1. The molecule has 0 bridgehead atoms. The summed E-state index contributed by atoms with van der Waals surface area (Å²) in [4.78, 5) is 0. The topological polar surface area (TPSA) is 41.5 Å². The lowest BCUT2D eigenvalue weighted by atomic mass is 10.2. The number of ether oxygens (including phenoxy) is 1. The predicted octanol–water partition coefficient (Wildman–Crippen LogP) is 1.21. The molecule has 0 unspecified atom stereocenters. The molecule has 84 valence electrons. The molecule has 0 aliphatic heterocycles. The maximum Gasteiger partial charge on any atom is 0.119 e. The first kappa shape index (κ1) is 12.0. The molecule has 2 N–H and O–H groups in total. The number of aliphatic hydroxyl groups excluding tert-OH is 1. The van der Waals surface area contributed by atoms with Gasteiger partial charge in [0.2, 0.25) is 0 Å². The van der Waals surface area contributed by atoms with Gasteiger partial charge in [-0.25, -0.2) is 0 Å². The third-order valence-electron chi connectivity index (χ3n) is 2.17. The Kier molecular flexibility index (Phi) is 5.81. The van der Waals surface area contributed by atoms with Gasteiger partial charge in [-0.3, -0.25) is 0 Å². The van der Waals surface area contributed by atoms with Crippen molar-refractivity contribution < 1.29 is 9.84 Å². The number of nitrogens with one attached hydrogen (secondary N) is 1. The Morgan fingerprint density at radius 3 is 2.53 bits per heavy atom. The van der Waals surface area contributed by atoms with Crippen molar-refractivity contribution in [1.82, 2.24) is 5.32 Å². The van der Waals surface area contributed by atoms with Crippen molar-refractivity contribution >= 4 is 0 Å². The molecule has 3 nitrogen and oxygen atoms in total. The standard InChI is InChI=1S/C12H19NO2/c1-2-11-3-5-12(6-4-11)15-10-8-13-7-9-14/h3-6,13-14H,2,7-10H2,1H3. The molecule has 15 heavy (non-hydrogen) atoms. The van der Waals surface area contributed by atoms with Gasteiger partial charge in [-0.05, 0) is 24.1 Å². The third kappa shape index (κ3) is 4.81. The van der Waals surface area contributed by atoms with Crippen molar-refractivity contribution in [2.75, 3.05) is 26.3 Å². The van der Waals surface area contributed by atoms with Gasteiger partial charge < -0.3 is 15.2 Å². The number of hydrogen-bond donors (Lipinski definition) is 2. The second-order valence-corrected chi connectivity index (χ2v) is 3.32. The average molecular weight is 209 g/mol. The minimum atomic E-state index is 0.172. The predicted molar refractivity (Wildman–Crippen MR) is 61.3 cm³/mol. The van der Waals surface area contributed by atoms with Crippen molar-refractivity contribution in [2.45, 2.75) is 13.3 Å². The fraction of sp³-hybridized carbons (Fsp3) is 0.500. The second-order valence-electron chi connectivity index (χ2n) is 3.32. The molecule has 0 amide bonds. The van der Waals surface area contributed by atoms with Crippen LogP contribution >= 0.6 is 0 Å². The molecule has 0 fully saturated rings. The van der Waals surface area contributed by atoms with E-state index in [1.165, 1.54) is 5.56 Å². The minimum Gasteiger partial charge on any atom is -0.492 e. The first-order valence-electron chi connectivity index (χ1n) is 5.40. The molecule has 0 atom stereocenters. The normalized spacial score (nSPS) is 10.3. The maximum atomic E-state index is 8.54. The van der Waals surface area contributed by atoms with Crippen LogP contribution in [0.5, 0.6) is 5.75 Å². The fourth-order valence-corrected chi connectivity index (χ4v) is 1.27. The van der Waals surface area contributed by atoms with Gasteiger partial charge in [-0.15, -0.1) is 0 Å². The molecule has 0 aromatic heterocycles. The van der Waals surface area contributed by atoms with Gasteiger partial charge in [0.15, 0.2) is 0 Å². The first-order valence-corrected chi connectivity index (χ1v) is 5.40. The average Bonchev–Trinajstić information content (AvgIpc) is 2.30. The van der Waals surface area contributed by atoms with E-state index >= 15 is 0 Å². The molecular formula is C12H19NO2. The van der Waals surface area contributed by atoms with Crippen molar-refractivity contribution in [2.24, 2.45) is 0 Å². The Bertz CT molecular complexity index is 259. The van der Waals surface area contributed by atoms with Crippen LogP contribution in [-0.4, -0.2) is 31.4 Å². The van der Waals surface area contributed by atoms with E-state index in [4.69, 9.17) is 9.84 Å². The highest BCUT2D eigenvalue weighted by molar-refractivity contribution is 5.27. The Balaban J connectivity index is 2.20. The van der Waals surface area contributed by atoms with E-state index < -0.39 is 0 Å². The summed E-state index contributed by atoms with van der Waals surface area (Å²) in [5, 5.41) is 11.6. The van der Waals surface area contributed by atoms with Crippen LogP contribution in [0.3, 0.4) is 0 Å². The van der Waals surface area contributed by atoms with E-state index in [0.29, 0.717) is 13.2 Å². The fourth-order valence-electron chi connectivity index (χ4n) is 1.27. The van der Waals surface area contributed by atoms with Crippen molar-refractivity contribution in [1.29, 1.82) is 0 Å². The molecule has 0 heterocycles.